The van der Waals surface area contributed by atoms with Crippen LogP contribution in [0, 0.1) is 13.8 Å². The van der Waals surface area contributed by atoms with Crippen LogP contribution in [0.15, 0.2) is 35.7 Å². The van der Waals surface area contributed by atoms with Crippen LogP contribution in [0.25, 0.3) is 0 Å². The minimum Gasteiger partial charge on any atom is -0.484 e. The normalized spacial score (nSPS) is 14.8. The van der Waals surface area contributed by atoms with Gasteiger partial charge in [0.2, 0.25) is 5.91 Å². The molecular weight excluding hydrogens is 360 g/mol. The topological polar surface area (TPSA) is 58.6 Å². The molecule has 1 saturated heterocycles. The Bertz CT molecular complexity index is 781. The van der Waals surface area contributed by atoms with Crippen LogP contribution in [-0.2, 0) is 16.0 Å². The first-order chi connectivity index (χ1) is 13.0. The van der Waals surface area contributed by atoms with Crippen molar-refractivity contribution >= 4 is 23.2 Å². The predicted molar refractivity (Wildman–Crippen MR) is 107 cm³/mol. The van der Waals surface area contributed by atoms with E-state index >= 15 is 0 Å². The van der Waals surface area contributed by atoms with Crippen molar-refractivity contribution in [3.63, 3.8) is 0 Å². The van der Waals surface area contributed by atoms with Crippen LogP contribution in [0.4, 0.5) is 0 Å². The maximum absolute atomic E-state index is 12.3. The summed E-state index contributed by atoms with van der Waals surface area (Å²) in [5.41, 5.74) is 2.20. The molecule has 1 aliphatic rings. The quantitative estimate of drug-likeness (QED) is 0.830. The lowest BCUT2D eigenvalue weighted by Gasteiger charge is -2.32. The van der Waals surface area contributed by atoms with Gasteiger partial charge in [0, 0.05) is 24.0 Å². The fourth-order valence-corrected chi connectivity index (χ4v) is 4.02. The van der Waals surface area contributed by atoms with E-state index in [1.165, 1.54) is 5.56 Å². The number of nitrogens with zero attached hydrogens (tertiary/aromatic N) is 1. The molecule has 0 spiro atoms. The summed E-state index contributed by atoms with van der Waals surface area (Å²) in [5, 5.41) is 5.02. The standard InChI is InChI=1S/C21H26N2O3S/c1-15-5-6-19(16(2)12-15)26-14-20(24)22-17-7-9-23(10-8-17)21(25)13-18-4-3-11-27-18/h3-6,11-12,17H,7-10,13-14H2,1-2H3,(H,22,24). The van der Waals surface area contributed by atoms with E-state index in [1.807, 2.05) is 54.5 Å². The van der Waals surface area contributed by atoms with Crippen molar-refractivity contribution in [1.29, 1.82) is 0 Å². The van der Waals surface area contributed by atoms with Crippen molar-refractivity contribution in [1.82, 2.24) is 10.2 Å². The van der Waals surface area contributed by atoms with Crippen molar-refractivity contribution in [3.8, 4) is 5.75 Å². The Labute approximate surface area is 164 Å². The van der Waals surface area contributed by atoms with Gasteiger partial charge in [-0.15, -0.1) is 11.3 Å². The highest BCUT2D eigenvalue weighted by atomic mass is 32.1. The summed E-state index contributed by atoms with van der Waals surface area (Å²) in [5.74, 6) is 0.795. The highest BCUT2D eigenvalue weighted by Crippen LogP contribution is 2.19. The first-order valence-electron chi connectivity index (χ1n) is 9.31. The van der Waals surface area contributed by atoms with Gasteiger partial charge in [0.05, 0.1) is 6.42 Å². The smallest absolute Gasteiger partial charge is 0.258 e. The zero-order chi connectivity index (χ0) is 19.2. The molecule has 2 heterocycles. The fraction of sp³-hybridized carbons (Fsp3) is 0.429. The van der Waals surface area contributed by atoms with Gasteiger partial charge in [0.25, 0.3) is 5.91 Å². The number of carbonyl (C=O) groups excluding carboxylic acids is 2. The van der Waals surface area contributed by atoms with Crippen LogP contribution in [-0.4, -0.2) is 42.5 Å². The Balaban J connectivity index is 1.39. The molecule has 1 fully saturated rings. The molecule has 0 bridgehead atoms. The van der Waals surface area contributed by atoms with Crippen molar-refractivity contribution in [2.75, 3.05) is 19.7 Å². The number of hydrogen-bond acceptors (Lipinski definition) is 4. The molecule has 0 unspecified atom stereocenters. The fourth-order valence-electron chi connectivity index (χ4n) is 3.32. The van der Waals surface area contributed by atoms with Gasteiger partial charge in [-0.25, -0.2) is 0 Å². The Morgan fingerprint density at radius 2 is 2.00 bits per heavy atom. The van der Waals surface area contributed by atoms with Gasteiger partial charge < -0.3 is 15.0 Å². The molecule has 5 nitrogen and oxygen atoms in total. The van der Waals surface area contributed by atoms with Gasteiger partial charge in [0.15, 0.2) is 6.61 Å². The third kappa shape index (κ3) is 5.57. The number of nitrogens with one attached hydrogen (secondary N) is 1. The molecule has 1 N–H and O–H groups in total. The Hall–Kier alpha value is -2.34. The van der Waals surface area contributed by atoms with E-state index < -0.39 is 0 Å². The summed E-state index contributed by atoms with van der Waals surface area (Å²) in [6.07, 6.45) is 2.04. The molecule has 0 radical (unpaired) electrons. The first-order valence-corrected chi connectivity index (χ1v) is 10.2. The molecule has 144 valence electrons. The van der Waals surface area contributed by atoms with Gasteiger partial charge in [-0.3, -0.25) is 9.59 Å². The van der Waals surface area contributed by atoms with Crippen LogP contribution in [0.5, 0.6) is 5.75 Å². The van der Waals surface area contributed by atoms with Crippen molar-refractivity contribution in [2.24, 2.45) is 0 Å². The van der Waals surface area contributed by atoms with Crippen molar-refractivity contribution in [3.05, 3.63) is 51.7 Å². The molecule has 6 heteroatoms. The van der Waals surface area contributed by atoms with E-state index in [0.717, 1.165) is 29.0 Å². The number of piperidine rings is 1. The monoisotopic (exact) mass is 386 g/mol. The first kappa shape index (κ1) is 19.4. The number of rotatable bonds is 6. The van der Waals surface area contributed by atoms with E-state index in [9.17, 15) is 9.59 Å². The average Bonchev–Trinajstić information content (AvgIpc) is 3.14. The second-order valence-electron chi connectivity index (χ2n) is 7.04. The Morgan fingerprint density at radius 1 is 1.22 bits per heavy atom. The number of amides is 2. The molecular formula is C21H26N2O3S. The highest BCUT2D eigenvalue weighted by Gasteiger charge is 2.24. The van der Waals surface area contributed by atoms with Crippen LogP contribution >= 0.6 is 11.3 Å². The maximum atomic E-state index is 12.3. The minimum atomic E-state index is -0.113. The third-order valence-electron chi connectivity index (χ3n) is 4.81. The molecule has 3 rings (SSSR count). The lowest BCUT2D eigenvalue weighted by Crippen LogP contribution is -2.47. The number of thiophene rings is 1. The van der Waals surface area contributed by atoms with E-state index in [0.29, 0.717) is 19.5 Å². The van der Waals surface area contributed by atoms with E-state index in [1.54, 1.807) is 11.3 Å². The average molecular weight is 387 g/mol. The van der Waals surface area contributed by atoms with E-state index in [2.05, 4.69) is 5.32 Å². The SMILES string of the molecule is Cc1ccc(OCC(=O)NC2CCN(C(=O)Cc3cccs3)CC2)c(C)c1. The molecule has 0 atom stereocenters. The summed E-state index contributed by atoms with van der Waals surface area (Å²) >= 11 is 1.61. The second-order valence-corrected chi connectivity index (χ2v) is 8.07. The number of ether oxygens (including phenoxy) is 1. The van der Waals surface area contributed by atoms with Crippen LogP contribution in [0.2, 0.25) is 0 Å². The van der Waals surface area contributed by atoms with Gasteiger partial charge in [-0.1, -0.05) is 23.8 Å². The number of benzene rings is 1. The van der Waals surface area contributed by atoms with Crippen LogP contribution in [0.1, 0.15) is 28.8 Å². The second kappa shape index (κ2) is 9.04. The van der Waals surface area contributed by atoms with E-state index in [-0.39, 0.29) is 24.5 Å². The number of likely N-dealkylation sites (tertiary alicyclic amines) is 1. The summed E-state index contributed by atoms with van der Waals surface area (Å²) in [6, 6.07) is 9.97. The number of hydrogen-bond donors (Lipinski definition) is 1. The summed E-state index contributed by atoms with van der Waals surface area (Å²) in [7, 11) is 0. The lowest BCUT2D eigenvalue weighted by atomic mass is 10.0. The molecule has 1 aromatic carbocycles. The molecule has 1 aromatic heterocycles. The summed E-state index contributed by atoms with van der Waals surface area (Å²) in [4.78, 5) is 27.5. The molecule has 2 aromatic rings. The van der Waals surface area contributed by atoms with Gasteiger partial charge in [-0.2, -0.15) is 0 Å². The molecule has 0 aliphatic carbocycles. The molecule has 1 aliphatic heterocycles. The third-order valence-corrected chi connectivity index (χ3v) is 5.68. The zero-order valence-corrected chi connectivity index (χ0v) is 16.7. The minimum absolute atomic E-state index is 0.0153. The van der Waals surface area contributed by atoms with Gasteiger partial charge in [0.1, 0.15) is 5.75 Å². The van der Waals surface area contributed by atoms with Gasteiger partial charge >= 0.3 is 0 Å². The summed E-state index contributed by atoms with van der Waals surface area (Å²) in [6.45, 7) is 5.39. The number of carbonyl (C=O) groups is 2. The van der Waals surface area contributed by atoms with E-state index in [4.69, 9.17) is 4.74 Å². The number of aryl methyl sites for hydroxylation is 2. The zero-order valence-electron chi connectivity index (χ0n) is 15.9. The largest absolute Gasteiger partial charge is 0.484 e. The molecule has 2 amide bonds. The van der Waals surface area contributed by atoms with Crippen LogP contribution in [0.3, 0.4) is 0 Å². The molecule has 0 saturated carbocycles. The van der Waals surface area contributed by atoms with Gasteiger partial charge in [-0.05, 0) is 49.8 Å². The Morgan fingerprint density at radius 3 is 2.67 bits per heavy atom. The lowest BCUT2D eigenvalue weighted by molar-refractivity contribution is -0.131. The Kier molecular flexibility index (Phi) is 6.50. The van der Waals surface area contributed by atoms with Crippen LogP contribution < -0.4 is 10.1 Å². The summed E-state index contributed by atoms with van der Waals surface area (Å²) < 4.78 is 5.64. The highest BCUT2D eigenvalue weighted by molar-refractivity contribution is 7.10. The van der Waals surface area contributed by atoms with Crippen molar-refractivity contribution < 1.29 is 14.3 Å². The predicted octanol–water partition coefficient (Wildman–Crippen LogP) is 3.09. The molecule has 27 heavy (non-hydrogen) atoms. The maximum Gasteiger partial charge on any atom is 0.258 e. The van der Waals surface area contributed by atoms with Crippen molar-refractivity contribution in [2.45, 2.75) is 39.2 Å².